The van der Waals surface area contributed by atoms with Crippen LogP contribution in [0.5, 0.6) is 0 Å². The molecule has 0 unspecified atom stereocenters. The van der Waals surface area contributed by atoms with Crippen LogP contribution in [0.2, 0.25) is 0 Å². The first-order valence-electron chi connectivity index (χ1n) is 5.40. The Morgan fingerprint density at radius 2 is 1.64 bits per heavy atom. The second kappa shape index (κ2) is 12.8. The van der Waals surface area contributed by atoms with Crippen LogP contribution in [0.15, 0.2) is 0 Å². The molecule has 0 heterocycles. The molecule has 0 rings (SSSR count). The quantitative estimate of drug-likeness (QED) is 0.473. The predicted octanol–water partition coefficient (Wildman–Crippen LogP) is 0.239. The van der Waals surface area contributed by atoms with Gasteiger partial charge in [0.25, 0.3) is 0 Å². The van der Waals surface area contributed by atoms with Gasteiger partial charge in [0, 0.05) is 40.0 Å². The number of hydrogen-bond acceptors (Lipinski definition) is 4. The minimum Gasteiger partial charge on any atom is -0.383 e. The molecule has 0 atom stereocenters. The Hall–Kier alpha value is -0.160. The summed E-state index contributed by atoms with van der Waals surface area (Å²) in [5, 5.41) is 6.61. The molecule has 86 valence electrons. The number of hydrogen-bond donors (Lipinski definition) is 2. The predicted molar refractivity (Wildman–Crippen MR) is 58.7 cm³/mol. The molecular weight excluding hydrogens is 180 g/mol. The molecule has 0 aliphatic rings. The van der Waals surface area contributed by atoms with Gasteiger partial charge < -0.3 is 20.1 Å². The molecule has 0 aliphatic heterocycles. The monoisotopic (exact) mass is 204 g/mol. The summed E-state index contributed by atoms with van der Waals surface area (Å²) in [6.07, 6.45) is 1.09. The van der Waals surface area contributed by atoms with E-state index in [9.17, 15) is 0 Å². The largest absolute Gasteiger partial charge is 0.383 e. The lowest BCUT2D eigenvalue weighted by Gasteiger charge is -2.06. The molecule has 14 heavy (non-hydrogen) atoms. The van der Waals surface area contributed by atoms with E-state index in [0.29, 0.717) is 0 Å². The topological polar surface area (TPSA) is 42.5 Å². The fourth-order valence-electron chi connectivity index (χ4n) is 1.04. The number of rotatable bonds is 11. The normalized spacial score (nSPS) is 10.7. The first-order chi connectivity index (χ1) is 6.91. The van der Waals surface area contributed by atoms with Gasteiger partial charge in [-0.25, -0.2) is 0 Å². The summed E-state index contributed by atoms with van der Waals surface area (Å²) in [7, 11) is 1.72. The van der Waals surface area contributed by atoms with Crippen molar-refractivity contribution in [3.05, 3.63) is 0 Å². The zero-order valence-corrected chi connectivity index (χ0v) is 9.47. The summed E-state index contributed by atoms with van der Waals surface area (Å²) in [5.74, 6) is 0. The lowest BCUT2D eigenvalue weighted by Crippen LogP contribution is -2.30. The van der Waals surface area contributed by atoms with Crippen LogP contribution in [0.1, 0.15) is 13.3 Å². The molecule has 0 radical (unpaired) electrons. The maximum absolute atomic E-state index is 5.22. The number of nitrogens with one attached hydrogen (secondary N) is 2. The third-order valence-electron chi connectivity index (χ3n) is 1.81. The highest BCUT2D eigenvalue weighted by atomic mass is 16.5. The second-order valence-corrected chi connectivity index (χ2v) is 3.04. The molecule has 0 spiro atoms. The first-order valence-corrected chi connectivity index (χ1v) is 5.40. The molecule has 0 bridgehead atoms. The van der Waals surface area contributed by atoms with Gasteiger partial charge in [0.1, 0.15) is 0 Å². The van der Waals surface area contributed by atoms with Crippen LogP contribution in [0.3, 0.4) is 0 Å². The maximum Gasteiger partial charge on any atom is 0.0587 e. The minimum absolute atomic E-state index is 0.782. The van der Waals surface area contributed by atoms with Gasteiger partial charge in [-0.2, -0.15) is 0 Å². The Kier molecular flexibility index (Phi) is 12.7. The van der Waals surface area contributed by atoms with Crippen LogP contribution in [-0.2, 0) is 9.47 Å². The van der Waals surface area contributed by atoms with Crippen LogP contribution < -0.4 is 10.6 Å². The van der Waals surface area contributed by atoms with Crippen molar-refractivity contribution in [3.63, 3.8) is 0 Å². The average Bonchev–Trinajstić information content (AvgIpc) is 2.21. The zero-order chi connectivity index (χ0) is 10.5. The lowest BCUT2D eigenvalue weighted by atomic mass is 10.4. The number of ether oxygens (including phenoxy) is 2. The molecule has 4 nitrogen and oxygen atoms in total. The molecule has 0 saturated carbocycles. The van der Waals surface area contributed by atoms with Gasteiger partial charge in [-0.3, -0.25) is 0 Å². The van der Waals surface area contributed by atoms with Crippen molar-refractivity contribution in [1.82, 2.24) is 10.6 Å². The van der Waals surface area contributed by atoms with Crippen LogP contribution in [0, 0.1) is 0 Å². The first kappa shape index (κ1) is 13.8. The fraction of sp³-hybridized carbons (Fsp3) is 1.00. The highest BCUT2D eigenvalue weighted by molar-refractivity contribution is 4.51. The van der Waals surface area contributed by atoms with E-state index < -0.39 is 0 Å². The molecule has 0 aromatic carbocycles. The lowest BCUT2D eigenvalue weighted by molar-refractivity contribution is 0.145. The zero-order valence-electron chi connectivity index (χ0n) is 9.47. The van der Waals surface area contributed by atoms with Crippen molar-refractivity contribution in [2.75, 3.05) is 53.1 Å². The highest BCUT2D eigenvalue weighted by Gasteiger charge is 1.88. The molecule has 0 aliphatic carbocycles. The molecular formula is C10H24N2O2. The van der Waals surface area contributed by atoms with Gasteiger partial charge in [0.15, 0.2) is 0 Å². The summed E-state index contributed by atoms with van der Waals surface area (Å²) in [5.41, 5.74) is 0. The van der Waals surface area contributed by atoms with Gasteiger partial charge in [0.2, 0.25) is 0 Å². The van der Waals surface area contributed by atoms with Gasteiger partial charge >= 0.3 is 0 Å². The van der Waals surface area contributed by atoms with Crippen LogP contribution in [0.4, 0.5) is 0 Å². The summed E-state index contributed by atoms with van der Waals surface area (Å²) in [6.45, 7) is 8.45. The van der Waals surface area contributed by atoms with Crippen LogP contribution in [-0.4, -0.2) is 53.1 Å². The van der Waals surface area contributed by atoms with E-state index in [1.807, 2.05) is 6.92 Å². The molecule has 2 N–H and O–H groups in total. The Morgan fingerprint density at radius 3 is 2.29 bits per heavy atom. The van der Waals surface area contributed by atoms with E-state index in [2.05, 4.69) is 10.6 Å². The van der Waals surface area contributed by atoms with Gasteiger partial charge in [-0.05, 0) is 19.9 Å². The van der Waals surface area contributed by atoms with E-state index in [-0.39, 0.29) is 0 Å². The Morgan fingerprint density at radius 1 is 0.929 bits per heavy atom. The average molecular weight is 204 g/mol. The third kappa shape index (κ3) is 11.8. The summed E-state index contributed by atoms with van der Waals surface area (Å²) >= 11 is 0. The summed E-state index contributed by atoms with van der Waals surface area (Å²) in [6, 6.07) is 0. The third-order valence-corrected chi connectivity index (χ3v) is 1.81. The van der Waals surface area contributed by atoms with Crippen molar-refractivity contribution in [1.29, 1.82) is 0 Å². The highest BCUT2D eigenvalue weighted by Crippen LogP contribution is 1.79. The Bertz CT molecular complexity index is 90.1. The van der Waals surface area contributed by atoms with Gasteiger partial charge in [-0.1, -0.05) is 0 Å². The van der Waals surface area contributed by atoms with Crippen molar-refractivity contribution in [2.45, 2.75) is 13.3 Å². The molecule has 4 heteroatoms. The SMILES string of the molecule is CCOCCCNCCNCCOC. The van der Waals surface area contributed by atoms with Crippen molar-refractivity contribution in [3.8, 4) is 0 Å². The molecule has 0 saturated heterocycles. The minimum atomic E-state index is 0.782. The summed E-state index contributed by atoms with van der Waals surface area (Å²) < 4.78 is 10.1. The Labute approximate surface area is 87.4 Å². The van der Waals surface area contributed by atoms with E-state index in [1.165, 1.54) is 0 Å². The van der Waals surface area contributed by atoms with Crippen LogP contribution in [0.25, 0.3) is 0 Å². The molecule has 0 fully saturated rings. The summed E-state index contributed by atoms with van der Waals surface area (Å²) in [4.78, 5) is 0. The van der Waals surface area contributed by atoms with E-state index in [4.69, 9.17) is 9.47 Å². The Balaban J connectivity index is 2.78. The maximum atomic E-state index is 5.22. The number of methoxy groups -OCH3 is 1. The molecule has 0 amide bonds. The fourth-order valence-corrected chi connectivity index (χ4v) is 1.04. The molecule has 0 aromatic rings. The smallest absolute Gasteiger partial charge is 0.0587 e. The van der Waals surface area contributed by atoms with E-state index >= 15 is 0 Å². The van der Waals surface area contributed by atoms with Crippen molar-refractivity contribution < 1.29 is 9.47 Å². The van der Waals surface area contributed by atoms with Crippen molar-refractivity contribution in [2.24, 2.45) is 0 Å². The second-order valence-electron chi connectivity index (χ2n) is 3.04. The van der Waals surface area contributed by atoms with Crippen LogP contribution >= 0.6 is 0 Å². The molecule has 0 aromatic heterocycles. The van der Waals surface area contributed by atoms with Gasteiger partial charge in [0.05, 0.1) is 6.61 Å². The standard InChI is InChI=1S/C10H24N2O2/c1-3-14-9-4-5-11-6-7-12-8-10-13-2/h11-12H,3-10H2,1-2H3. The van der Waals surface area contributed by atoms with Crippen molar-refractivity contribution >= 4 is 0 Å². The van der Waals surface area contributed by atoms with E-state index in [1.54, 1.807) is 7.11 Å². The van der Waals surface area contributed by atoms with E-state index in [0.717, 1.165) is 52.4 Å². The van der Waals surface area contributed by atoms with Gasteiger partial charge in [-0.15, -0.1) is 0 Å².